The molecule has 0 unspecified atom stereocenters. The first-order valence-corrected chi connectivity index (χ1v) is 7.65. The van der Waals surface area contributed by atoms with Crippen molar-refractivity contribution in [2.75, 3.05) is 27.2 Å². The van der Waals surface area contributed by atoms with Crippen LogP contribution in [-0.2, 0) is 6.54 Å². The molecule has 1 N–H and O–H groups in total. The van der Waals surface area contributed by atoms with Crippen molar-refractivity contribution >= 4 is 0 Å². The minimum atomic E-state index is 0.649. The highest BCUT2D eigenvalue weighted by Crippen LogP contribution is 2.27. The minimum Gasteiger partial charge on any atom is -0.311 e. The summed E-state index contributed by atoms with van der Waals surface area (Å²) in [6.45, 7) is 3.10. The monoisotopic (exact) mass is 264 g/mol. The summed E-state index contributed by atoms with van der Waals surface area (Å²) in [6.07, 6.45) is 10.1. The highest BCUT2D eigenvalue weighted by molar-refractivity contribution is 4.99. The van der Waals surface area contributed by atoms with Crippen molar-refractivity contribution in [1.82, 2.24) is 20.0 Å². The van der Waals surface area contributed by atoms with E-state index >= 15 is 0 Å². The van der Waals surface area contributed by atoms with Crippen molar-refractivity contribution in [3.05, 3.63) is 18.0 Å². The zero-order valence-corrected chi connectivity index (χ0v) is 12.4. The van der Waals surface area contributed by atoms with Crippen molar-refractivity contribution in [2.45, 2.75) is 51.1 Å². The third-order valence-corrected chi connectivity index (χ3v) is 3.88. The van der Waals surface area contributed by atoms with Crippen LogP contribution in [0, 0.1) is 0 Å². The lowest BCUT2D eigenvalue weighted by atomic mass is 9.96. The molecular formula is C15H28N4. The maximum atomic E-state index is 4.71. The number of rotatable bonds is 7. The molecule has 0 radical (unpaired) electrons. The molecule has 108 valence electrons. The first kappa shape index (κ1) is 14.5. The van der Waals surface area contributed by atoms with Crippen LogP contribution >= 0.6 is 0 Å². The number of nitrogens with one attached hydrogen (secondary N) is 1. The van der Waals surface area contributed by atoms with E-state index in [4.69, 9.17) is 5.10 Å². The normalized spacial score (nSPS) is 17.2. The Morgan fingerprint density at radius 2 is 2.11 bits per heavy atom. The van der Waals surface area contributed by atoms with Crippen LogP contribution in [0.5, 0.6) is 0 Å². The van der Waals surface area contributed by atoms with Gasteiger partial charge in [-0.1, -0.05) is 19.3 Å². The van der Waals surface area contributed by atoms with Gasteiger partial charge in [-0.05, 0) is 52.5 Å². The Hall–Kier alpha value is -0.870. The predicted molar refractivity (Wildman–Crippen MR) is 79.2 cm³/mol. The third-order valence-electron chi connectivity index (χ3n) is 3.88. The largest absolute Gasteiger partial charge is 0.311 e. The van der Waals surface area contributed by atoms with E-state index in [1.54, 1.807) is 0 Å². The molecule has 1 aliphatic carbocycles. The third kappa shape index (κ3) is 4.96. The maximum Gasteiger partial charge on any atom is 0.0762 e. The van der Waals surface area contributed by atoms with Gasteiger partial charge in [0.1, 0.15) is 0 Å². The summed E-state index contributed by atoms with van der Waals surface area (Å²) in [5.74, 6) is 0. The molecule has 2 rings (SSSR count). The standard InChI is InChI=1S/C15H28N4/c1-18(2)11-6-10-16-13-14-9-12-19(17-14)15-7-4-3-5-8-15/h9,12,15-16H,3-8,10-11,13H2,1-2H3. The molecule has 0 saturated heterocycles. The van der Waals surface area contributed by atoms with Gasteiger partial charge in [0, 0.05) is 12.7 Å². The highest BCUT2D eigenvalue weighted by Gasteiger charge is 2.15. The quantitative estimate of drug-likeness (QED) is 0.768. The molecule has 4 heteroatoms. The van der Waals surface area contributed by atoms with Gasteiger partial charge in [0.25, 0.3) is 0 Å². The zero-order valence-electron chi connectivity index (χ0n) is 12.4. The van der Waals surface area contributed by atoms with Crippen molar-refractivity contribution in [3.8, 4) is 0 Å². The molecule has 0 spiro atoms. The Morgan fingerprint density at radius 3 is 2.84 bits per heavy atom. The van der Waals surface area contributed by atoms with E-state index in [0.29, 0.717) is 6.04 Å². The van der Waals surface area contributed by atoms with Gasteiger partial charge >= 0.3 is 0 Å². The summed E-state index contributed by atoms with van der Waals surface area (Å²) in [5, 5.41) is 8.18. The molecule has 1 heterocycles. The van der Waals surface area contributed by atoms with Crippen LogP contribution in [0.2, 0.25) is 0 Å². The zero-order chi connectivity index (χ0) is 13.5. The number of nitrogens with zero attached hydrogens (tertiary/aromatic N) is 3. The number of hydrogen-bond acceptors (Lipinski definition) is 3. The van der Waals surface area contributed by atoms with Gasteiger partial charge in [-0.3, -0.25) is 4.68 Å². The fourth-order valence-corrected chi connectivity index (χ4v) is 2.76. The SMILES string of the molecule is CN(C)CCCNCc1ccn(C2CCCCC2)n1. The maximum absolute atomic E-state index is 4.71. The van der Waals surface area contributed by atoms with Crippen LogP contribution in [0.3, 0.4) is 0 Å². The second kappa shape index (κ2) is 7.65. The van der Waals surface area contributed by atoms with Gasteiger partial charge in [0.2, 0.25) is 0 Å². The molecule has 1 aliphatic rings. The fraction of sp³-hybridized carbons (Fsp3) is 0.800. The lowest BCUT2D eigenvalue weighted by molar-refractivity contribution is 0.327. The van der Waals surface area contributed by atoms with E-state index in [9.17, 15) is 0 Å². The van der Waals surface area contributed by atoms with Gasteiger partial charge in [0.05, 0.1) is 11.7 Å². The van der Waals surface area contributed by atoms with Crippen LogP contribution in [0.1, 0.15) is 50.3 Å². The summed E-state index contributed by atoms with van der Waals surface area (Å²) in [6, 6.07) is 2.81. The molecule has 19 heavy (non-hydrogen) atoms. The van der Waals surface area contributed by atoms with E-state index in [-0.39, 0.29) is 0 Å². The van der Waals surface area contributed by atoms with Crippen LogP contribution < -0.4 is 5.32 Å². The molecular weight excluding hydrogens is 236 g/mol. The number of hydrogen-bond donors (Lipinski definition) is 1. The molecule has 0 amide bonds. The van der Waals surface area contributed by atoms with Crippen molar-refractivity contribution in [2.24, 2.45) is 0 Å². The van der Waals surface area contributed by atoms with Gasteiger partial charge in [-0.25, -0.2) is 0 Å². The second-order valence-corrected chi connectivity index (χ2v) is 5.91. The van der Waals surface area contributed by atoms with Crippen LogP contribution in [0.25, 0.3) is 0 Å². The van der Waals surface area contributed by atoms with Crippen molar-refractivity contribution < 1.29 is 0 Å². The van der Waals surface area contributed by atoms with Gasteiger partial charge < -0.3 is 10.2 Å². The van der Waals surface area contributed by atoms with E-state index in [0.717, 1.165) is 19.6 Å². The average Bonchev–Trinajstić information content (AvgIpc) is 2.88. The summed E-state index contributed by atoms with van der Waals surface area (Å²) in [5.41, 5.74) is 1.18. The molecule has 4 nitrogen and oxygen atoms in total. The predicted octanol–water partition coefficient (Wildman–Crippen LogP) is 2.43. The molecule has 0 aliphatic heterocycles. The molecule has 1 fully saturated rings. The molecule has 1 aromatic rings. The number of aromatic nitrogens is 2. The van der Waals surface area contributed by atoms with E-state index in [2.05, 4.69) is 41.3 Å². The Bertz CT molecular complexity index is 353. The smallest absolute Gasteiger partial charge is 0.0762 e. The Balaban J connectivity index is 1.68. The Labute approximate surface area is 117 Å². The van der Waals surface area contributed by atoms with Crippen LogP contribution in [-0.4, -0.2) is 41.9 Å². The molecule has 1 aromatic heterocycles. The molecule has 0 atom stereocenters. The summed E-state index contributed by atoms with van der Waals surface area (Å²) in [7, 11) is 4.23. The van der Waals surface area contributed by atoms with Crippen LogP contribution in [0.4, 0.5) is 0 Å². The van der Waals surface area contributed by atoms with Gasteiger partial charge in [-0.15, -0.1) is 0 Å². The molecule has 0 bridgehead atoms. The van der Waals surface area contributed by atoms with E-state index in [1.807, 2.05) is 0 Å². The topological polar surface area (TPSA) is 33.1 Å². The van der Waals surface area contributed by atoms with E-state index in [1.165, 1.54) is 44.2 Å². The van der Waals surface area contributed by atoms with Crippen LogP contribution in [0.15, 0.2) is 12.3 Å². The lowest BCUT2D eigenvalue weighted by Crippen LogP contribution is -2.21. The average molecular weight is 264 g/mol. The summed E-state index contributed by atoms with van der Waals surface area (Å²) >= 11 is 0. The lowest BCUT2D eigenvalue weighted by Gasteiger charge is -2.21. The van der Waals surface area contributed by atoms with Gasteiger partial charge in [-0.2, -0.15) is 5.10 Å². The first-order valence-electron chi connectivity index (χ1n) is 7.65. The first-order chi connectivity index (χ1) is 9.25. The minimum absolute atomic E-state index is 0.649. The Kier molecular flexibility index (Phi) is 5.86. The summed E-state index contributed by atoms with van der Waals surface area (Å²) in [4.78, 5) is 2.22. The summed E-state index contributed by atoms with van der Waals surface area (Å²) < 4.78 is 2.19. The fourth-order valence-electron chi connectivity index (χ4n) is 2.76. The van der Waals surface area contributed by atoms with Gasteiger partial charge in [0.15, 0.2) is 0 Å². The van der Waals surface area contributed by atoms with Crippen molar-refractivity contribution in [1.29, 1.82) is 0 Å². The second-order valence-electron chi connectivity index (χ2n) is 5.91. The highest BCUT2D eigenvalue weighted by atomic mass is 15.3. The Morgan fingerprint density at radius 1 is 1.32 bits per heavy atom. The molecule has 0 aromatic carbocycles. The van der Waals surface area contributed by atoms with Crippen molar-refractivity contribution in [3.63, 3.8) is 0 Å². The molecule has 1 saturated carbocycles. The van der Waals surface area contributed by atoms with E-state index < -0.39 is 0 Å².